The minimum absolute atomic E-state index is 0.0989. The molecule has 0 amide bonds. The van der Waals surface area contributed by atoms with Crippen molar-refractivity contribution in [1.29, 1.82) is 0 Å². The Morgan fingerprint density at radius 3 is 2.79 bits per heavy atom. The lowest BCUT2D eigenvalue weighted by molar-refractivity contribution is -0.148. The number of hydrogen-bond acceptors (Lipinski definition) is 3. The Morgan fingerprint density at radius 1 is 1.50 bits per heavy atom. The van der Waals surface area contributed by atoms with E-state index in [9.17, 15) is 4.79 Å². The van der Waals surface area contributed by atoms with Crippen molar-refractivity contribution in [2.24, 2.45) is 5.92 Å². The molecule has 2 rings (SSSR count). The van der Waals surface area contributed by atoms with Gasteiger partial charge in [-0.15, -0.1) is 0 Å². The van der Waals surface area contributed by atoms with E-state index in [1.807, 2.05) is 0 Å². The Hall–Kier alpha value is -0.610. The zero-order valence-corrected chi connectivity index (χ0v) is 8.48. The van der Waals surface area contributed by atoms with Gasteiger partial charge in [0.05, 0.1) is 18.6 Å². The molecule has 1 atom stereocenters. The number of hydrogen-bond donors (Lipinski definition) is 1. The molecule has 14 heavy (non-hydrogen) atoms. The Kier molecular flexibility index (Phi) is 2.74. The molecule has 4 heteroatoms. The lowest BCUT2D eigenvalue weighted by Gasteiger charge is -2.44. The van der Waals surface area contributed by atoms with Crippen LogP contribution in [0.5, 0.6) is 0 Å². The van der Waals surface area contributed by atoms with Gasteiger partial charge in [-0.2, -0.15) is 0 Å². The van der Waals surface area contributed by atoms with Gasteiger partial charge in [0.1, 0.15) is 0 Å². The van der Waals surface area contributed by atoms with E-state index in [0.29, 0.717) is 12.1 Å². The van der Waals surface area contributed by atoms with Gasteiger partial charge in [0.25, 0.3) is 0 Å². The molecule has 1 aliphatic carbocycles. The molecule has 2 fully saturated rings. The maximum atomic E-state index is 10.6. The van der Waals surface area contributed by atoms with Gasteiger partial charge in [-0.1, -0.05) is 0 Å². The van der Waals surface area contributed by atoms with Crippen molar-refractivity contribution in [1.82, 2.24) is 4.90 Å². The number of carboxylic acids is 1. The normalized spacial score (nSPS) is 39.1. The highest BCUT2D eigenvalue weighted by Crippen LogP contribution is 2.32. The number of carbonyl (C=O) groups is 1. The van der Waals surface area contributed by atoms with E-state index in [-0.39, 0.29) is 5.92 Å². The number of morpholine rings is 1. The molecule has 0 radical (unpaired) electrons. The molecule has 1 aliphatic heterocycles. The summed E-state index contributed by atoms with van der Waals surface area (Å²) in [5.41, 5.74) is 0. The Morgan fingerprint density at radius 2 is 2.21 bits per heavy atom. The van der Waals surface area contributed by atoms with Gasteiger partial charge < -0.3 is 9.84 Å². The van der Waals surface area contributed by atoms with Crippen LogP contribution in [0.15, 0.2) is 0 Å². The lowest BCUT2D eigenvalue weighted by Crippen LogP contribution is -2.53. The third-order valence-electron chi connectivity index (χ3n) is 3.25. The third-order valence-corrected chi connectivity index (χ3v) is 3.25. The van der Waals surface area contributed by atoms with Crippen molar-refractivity contribution in [3.63, 3.8) is 0 Å². The lowest BCUT2D eigenvalue weighted by atomic mass is 9.79. The SMILES string of the molecule is CC1CN(C2CC(C(=O)O)C2)CCO1. The van der Waals surface area contributed by atoms with E-state index in [2.05, 4.69) is 11.8 Å². The fourth-order valence-corrected chi connectivity index (χ4v) is 2.26. The number of ether oxygens (including phenoxy) is 1. The molecule has 1 N–H and O–H groups in total. The molecule has 0 aromatic rings. The van der Waals surface area contributed by atoms with Gasteiger partial charge in [0.15, 0.2) is 0 Å². The van der Waals surface area contributed by atoms with Crippen molar-refractivity contribution < 1.29 is 14.6 Å². The molecule has 80 valence electrons. The third kappa shape index (κ3) is 1.91. The largest absolute Gasteiger partial charge is 0.481 e. The fourth-order valence-electron chi connectivity index (χ4n) is 2.26. The molecule has 0 spiro atoms. The summed E-state index contributed by atoms with van der Waals surface area (Å²) in [5.74, 6) is -0.735. The van der Waals surface area contributed by atoms with Gasteiger partial charge in [-0.3, -0.25) is 9.69 Å². The minimum atomic E-state index is -0.637. The maximum Gasteiger partial charge on any atom is 0.306 e. The predicted molar refractivity (Wildman–Crippen MR) is 51.1 cm³/mol. The average Bonchev–Trinajstić information content (AvgIpc) is 2.00. The maximum absolute atomic E-state index is 10.6. The summed E-state index contributed by atoms with van der Waals surface area (Å²) in [7, 11) is 0. The van der Waals surface area contributed by atoms with Crippen LogP contribution < -0.4 is 0 Å². The molecule has 0 bridgehead atoms. The van der Waals surface area contributed by atoms with Crippen molar-refractivity contribution in [2.75, 3.05) is 19.7 Å². The molecule has 2 aliphatic rings. The summed E-state index contributed by atoms with van der Waals surface area (Å²) in [5, 5.41) is 8.76. The highest BCUT2D eigenvalue weighted by atomic mass is 16.5. The highest BCUT2D eigenvalue weighted by Gasteiger charge is 2.38. The first-order valence-electron chi connectivity index (χ1n) is 5.25. The summed E-state index contributed by atoms with van der Waals surface area (Å²) >= 11 is 0. The van der Waals surface area contributed by atoms with E-state index in [1.54, 1.807) is 0 Å². The summed E-state index contributed by atoms with van der Waals surface area (Å²) in [6, 6.07) is 0.488. The van der Waals surface area contributed by atoms with Crippen LogP contribution in [0.3, 0.4) is 0 Å². The van der Waals surface area contributed by atoms with Crippen molar-refractivity contribution in [3.05, 3.63) is 0 Å². The quantitative estimate of drug-likeness (QED) is 0.706. The topological polar surface area (TPSA) is 49.8 Å². The highest BCUT2D eigenvalue weighted by molar-refractivity contribution is 5.71. The first-order valence-corrected chi connectivity index (χ1v) is 5.25. The summed E-state index contributed by atoms with van der Waals surface area (Å²) in [4.78, 5) is 13.0. The molecule has 1 saturated carbocycles. The van der Waals surface area contributed by atoms with Crippen molar-refractivity contribution >= 4 is 5.97 Å². The molecule has 1 heterocycles. The standard InChI is InChI=1S/C10H17NO3/c1-7-6-11(2-3-14-7)9-4-8(5-9)10(12)13/h7-9H,2-6H2,1H3,(H,12,13). The number of nitrogens with zero attached hydrogens (tertiary/aromatic N) is 1. The summed E-state index contributed by atoms with van der Waals surface area (Å²) in [6.07, 6.45) is 1.94. The average molecular weight is 199 g/mol. The molecule has 1 saturated heterocycles. The second kappa shape index (κ2) is 3.87. The van der Waals surface area contributed by atoms with Crippen LogP contribution >= 0.6 is 0 Å². The Balaban J connectivity index is 1.78. The molecule has 0 aromatic carbocycles. The number of rotatable bonds is 2. The molecule has 0 aromatic heterocycles. The van der Waals surface area contributed by atoms with E-state index < -0.39 is 5.97 Å². The van der Waals surface area contributed by atoms with Crippen LogP contribution in [0.2, 0.25) is 0 Å². The van der Waals surface area contributed by atoms with Gasteiger partial charge in [-0.25, -0.2) is 0 Å². The summed E-state index contributed by atoms with van der Waals surface area (Å²) in [6.45, 7) is 4.77. The second-order valence-corrected chi connectivity index (χ2v) is 4.34. The predicted octanol–water partition coefficient (Wildman–Crippen LogP) is 0.570. The zero-order valence-electron chi connectivity index (χ0n) is 8.48. The van der Waals surface area contributed by atoms with Crippen LogP contribution in [0.25, 0.3) is 0 Å². The molecular weight excluding hydrogens is 182 g/mol. The molecular formula is C10H17NO3. The Bertz CT molecular complexity index is 225. The van der Waals surface area contributed by atoms with E-state index in [4.69, 9.17) is 9.84 Å². The number of aliphatic carboxylic acids is 1. The fraction of sp³-hybridized carbons (Fsp3) is 0.900. The Labute approximate surface area is 83.8 Å². The van der Waals surface area contributed by atoms with E-state index in [1.165, 1.54) is 0 Å². The van der Waals surface area contributed by atoms with Crippen LogP contribution in [-0.4, -0.2) is 47.8 Å². The van der Waals surface area contributed by atoms with Crippen LogP contribution in [0.4, 0.5) is 0 Å². The van der Waals surface area contributed by atoms with Crippen LogP contribution in [0, 0.1) is 5.92 Å². The summed E-state index contributed by atoms with van der Waals surface area (Å²) < 4.78 is 5.44. The number of carboxylic acid groups (broad SMARTS) is 1. The van der Waals surface area contributed by atoms with Gasteiger partial charge in [0, 0.05) is 19.1 Å². The van der Waals surface area contributed by atoms with E-state index in [0.717, 1.165) is 32.5 Å². The molecule has 4 nitrogen and oxygen atoms in total. The van der Waals surface area contributed by atoms with Crippen molar-refractivity contribution in [2.45, 2.75) is 31.9 Å². The van der Waals surface area contributed by atoms with Crippen LogP contribution in [-0.2, 0) is 9.53 Å². The monoisotopic (exact) mass is 199 g/mol. The van der Waals surface area contributed by atoms with Gasteiger partial charge in [-0.05, 0) is 19.8 Å². The zero-order chi connectivity index (χ0) is 10.1. The van der Waals surface area contributed by atoms with Crippen LogP contribution in [0.1, 0.15) is 19.8 Å². The first-order chi connectivity index (χ1) is 6.66. The molecule has 1 unspecified atom stereocenters. The first kappa shape index (κ1) is 9.93. The van der Waals surface area contributed by atoms with Gasteiger partial charge in [0.2, 0.25) is 0 Å². The minimum Gasteiger partial charge on any atom is -0.481 e. The smallest absolute Gasteiger partial charge is 0.306 e. The van der Waals surface area contributed by atoms with E-state index >= 15 is 0 Å². The van der Waals surface area contributed by atoms with Gasteiger partial charge >= 0.3 is 5.97 Å². The van der Waals surface area contributed by atoms with Crippen molar-refractivity contribution in [3.8, 4) is 0 Å². The second-order valence-electron chi connectivity index (χ2n) is 4.34.